The average Bonchev–Trinajstić information content (AvgIpc) is 3.19. The van der Waals surface area contributed by atoms with Crippen molar-refractivity contribution in [2.45, 2.75) is 13.5 Å². The Morgan fingerprint density at radius 2 is 2.04 bits per heavy atom. The summed E-state index contributed by atoms with van der Waals surface area (Å²) < 4.78 is 10.3. The minimum Gasteiger partial charge on any atom is -0.497 e. The Morgan fingerprint density at radius 3 is 2.68 bits per heavy atom. The Kier molecular flexibility index (Phi) is 4.82. The number of hydrogen-bond donors (Lipinski definition) is 1. The fraction of sp³-hybridized carbons (Fsp3) is 0.375. The number of hydrogen-bond acceptors (Lipinski definition) is 6. The fourth-order valence-corrected chi connectivity index (χ4v) is 2.54. The third kappa shape index (κ3) is 3.87. The molecule has 1 fully saturated rings. The molecule has 3 rings (SSSR count). The molecule has 1 N–H and O–H groups in total. The van der Waals surface area contributed by atoms with Gasteiger partial charge in [0.2, 0.25) is 17.7 Å². The molecule has 2 heterocycles. The molecule has 0 radical (unpaired) electrons. The van der Waals surface area contributed by atoms with Crippen molar-refractivity contribution in [2.24, 2.45) is 0 Å². The Hall–Kier alpha value is -3.10. The molecule has 0 bridgehead atoms. The molecule has 0 atom stereocenters. The predicted molar refractivity (Wildman–Crippen MR) is 88.2 cm³/mol. The maximum absolute atomic E-state index is 12.5. The number of ether oxygens (including phenoxy) is 1. The van der Waals surface area contributed by atoms with E-state index >= 15 is 0 Å². The first kappa shape index (κ1) is 16.7. The summed E-state index contributed by atoms with van der Waals surface area (Å²) in [4.78, 5) is 27.6. The van der Waals surface area contributed by atoms with E-state index in [0.29, 0.717) is 24.9 Å². The Labute approximate surface area is 144 Å². The Bertz CT molecular complexity index is 758. The summed E-state index contributed by atoms with van der Waals surface area (Å²) in [6.07, 6.45) is 0. The highest BCUT2D eigenvalue weighted by Crippen LogP contribution is 2.23. The van der Waals surface area contributed by atoms with Gasteiger partial charge in [-0.2, -0.15) is 0 Å². The highest BCUT2D eigenvalue weighted by molar-refractivity contribution is 5.96. The molecule has 0 unspecified atom stereocenters. The van der Waals surface area contributed by atoms with Crippen LogP contribution in [0.25, 0.3) is 0 Å². The van der Waals surface area contributed by atoms with Gasteiger partial charge in [-0.25, -0.2) is 4.79 Å². The van der Waals surface area contributed by atoms with Gasteiger partial charge in [0.25, 0.3) is 0 Å². The first-order chi connectivity index (χ1) is 12.1. The van der Waals surface area contributed by atoms with Crippen LogP contribution >= 0.6 is 0 Å². The van der Waals surface area contributed by atoms with Gasteiger partial charge in [-0.3, -0.25) is 9.69 Å². The number of benzene rings is 1. The van der Waals surface area contributed by atoms with Crippen LogP contribution in [0.5, 0.6) is 5.75 Å². The third-order valence-corrected chi connectivity index (χ3v) is 3.82. The number of aryl methyl sites for hydroxylation is 1. The molecule has 3 amide bonds. The molecular weight excluding hydrogens is 326 g/mol. The van der Waals surface area contributed by atoms with Gasteiger partial charge in [-0.15, -0.1) is 10.2 Å². The topological polar surface area (TPSA) is 101 Å². The van der Waals surface area contributed by atoms with E-state index in [1.807, 2.05) is 12.1 Å². The van der Waals surface area contributed by atoms with Crippen LogP contribution in [-0.4, -0.2) is 53.8 Å². The molecule has 0 spiro atoms. The summed E-state index contributed by atoms with van der Waals surface area (Å²) >= 11 is 0. The lowest BCUT2D eigenvalue weighted by atomic mass is 10.3. The van der Waals surface area contributed by atoms with Gasteiger partial charge in [0.1, 0.15) is 12.3 Å². The van der Waals surface area contributed by atoms with Crippen molar-refractivity contribution in [1.29, 1.82) is 0 Å². The van der Waals surface area contributed by atoms with Crippen molar-refractivity contribution >= 4 is 17.6 Å². The standard InChI is InChI=1S/C16H19N5O4/c1-11-18-19-15(25-11)9-17-14(22)10-20-7-8-21(16(20)23)12-3-5-13(24-2)6-4-12/h3-6H,7-10H2,1-2H3,(H,17,22). The molecule has 0 saturated carbocycles. The molecule has 1 aromatic carbocycles. The van der Waals surface area contributed by atoms with Crippen molar-refractivity contribution < 1.29 is 18.7 Å². The molecule has 1 saturated heterocycles. The molecule has 1 aliphatic rings. The lowest BCUT2D eigenvalue weighted by Crippen LogP contribution is -2.39. The van der Waals surface area contributed by atoms with Crippen LogP contribution in [-0.2, 0) is 11.3 Å². The van der Waals surface area contributed by atoms with Crippen molar-refractivity contribution in [1.82, 2.24) is 20.4 Å². The normalized spacial score (nSPS) is 14.1. The van der Waals surface area contributed by atoms with Gasteiger partial charge >= 0.3 is 6.03 Å². The average molecular weight is 345 g/mol. The van der Waals surface area contributed by atoms with Crippen molar-refractivity contribution in [3.63, 3.8) is 0 Å². The number of carbonyl (C=O) groups excluding carboxylic acids is 2. The Morgan fingerprint density at radius 1 is 1.28 bits per heavy atom. The van der Waals surface area contributed by atoms with Crippen molar-refractivity contribution in [2.75, 3.05) is 31.6 Å². The minimum atomic E-state index is -0.277. The van der Waals surface area contributed by atoms with Crippen LogP contribution < -0.4 is 15.0 Å². The fourth-order valence-electron chi connectivity index (χ4n) is 2.54. The number of nitrogens with zero attached hydrogens (tertiary/aromatic N) is 4. The minimum absolute atomic E-state index is 0.0153. The van der Waals surface area contributed by atoms with Crippen LogP contribution in [0.4, 0.5) is 10.5 Å². The van der Waals surface area contributed by atoms with Crippen LogP contribution in [0, 0.1) is 6.92 Å². The molecule has 0 aliphatic carbocycles. The maximum Gasteiger partial charge on any atom is 0.325 e. The predicted octanol–water partition coefficient (Wildman–Crippen LogP) is 0.945. The lowest BCUT2D eigenvalue weighted by molar-refractivity contribution is -0.121. The van der Waals surface area contributed by atoms with E-state index < -0.39 is 0 Å². The van der Waals surface area contributed by atoms with E-state index in [2.05, 4.69) is 15.5 Å². The highest BCUT2D eigenvalue weighted by atomic mass is 16.5. The first-order valence-corrected chi connectivity index (χ1v) is 7.83. The van der Waals surface area contributed by atoms with Crippen LogP contribution in [0.2, 0.25) is 0 Å². The summed E-state index contributed by atoms with van der Waals surface area (Å²) in [5.74, 6) is 1.22. The number of anilines is 1. The molecule has 25 heavy (non-hydrogen) atoms. The highest BCUT2D eigenvalue weighted by Gasteiger charge is 2.30. The monoisotopic (exact) mass is 345 g/mol. The molecular formula is C16H19N5O4. The molecule has 132 valence electrons. The van der Waals surface area contributed by atoms with Crippen molar-refractivity contribution in [3.05, 3.63) is 36.0 Å². The van der Waals surface area contributed by atoms with E-state index in [1.54, 1.807) is 31.1 Å². The number of amides is 3. The molecule has 9 nitrogen and oxygen atoms in total. The number of aromatic nitrogens is 2. The van der Waals surface area contributed by atoms with Gasteiger partial charge in [-0.1, -0.05) is 0 Å². The summed E-state index contributed by atoms with van der Waals surface area (Å²) in [5.41, 5.74) is 0.773. The lowest BCUT2D eigenvalue weighted by Gasteiger charge is -2.18. The van der Waals surface area contributed by atoms with Crippen LogP contribution in [0.3, 0.4) is 0 Å². The van der Waals surface area contributed by atoms with Crippen LogP contribution in [0.1, 0.15) is 11.8 Å². The van der Waals surface area contributed by atoms with Gasteiger partial charge < -0.3 is 19.4 Å². The molecule has 2 aromatic rings. The zero-order chi connectivity index (χ0) is 17.8. The van der Waals surface area contributed by atoms with E-state index in [9.17, 15) is 9.59 Å². The van der Waals surface area contributed by atoms with Gasteiger partial charge in [0.05, 0.1) is 13.7 Å². The maximum atomic E-state index is 12.5. The first-order valence-electron chi connectivity index (χ1n) is 7.83. The SMILES string of the molecule is COc1ccc(N2CCN(CC(=O)NCc3nnc(C)o3)C2=O)cc1. The second kappa shape index (κ2) is 7.20. The summed E-state index contributed by atoms with van der Waals surface area (Å²) in [5, 5.41) is 10.2. The second-order valence-corrected chi connectivity index (χ2v) is 5.55. The third-order valence-electron chi connectivity index (χ3n) is 3.82. The number of methoxy groups -OCH3 is 1. The zero-order valence-electron chi connectivity index (χ0n) is 14.1. The number of rotatable bonds is 6. The van der Waals surface area contributed by atoms with E-state index in [1.165, 1.54) is 4.90 Å². The van der Waals surface area contributed by atoms with Crippen LogP contribution in [0.15, 0.2) is 28.7 Å². The molecule has 1 aromatic heterocycles. The number of nitrogens with one attached hydrogen (secondary N) is 1. The number of urea groups is 1. The second-order valence-electron chi connectivity index (χ2n) is 5.55. The van der Waals surface area contributed by atoms with E-state index in [4.69, 9.17) is 9.15 Å². The van der Waals surface area contributed by atoms with E-state index in [0.717, 1.165) is 11.4 Å². The quantitative estimate of drug-likeness (QED) is 0.836. The van der Waals surface area contributed by atoms with Crippen molar-refractivity contribution in [3.8, 4) is 5.75 Å². The zero-order valence-corrected chi connectivity index (χ0v) is 14.1. The largest absolute Gasteiger partial charge is 0.497 e. The van der Waals surface area contributed by atoms with E-state index in [-0.39, 0.29) is 25.0 Å². The molecule has 1 aliphatic heterocycles. The molecule has 9 heteroatoms. The van der Waals surface area contributed by atoms with Gasteiger partial charge in [-0.05, 0) is 24.3 Å². The van der Waals surface area contributed by atoms with Gasteiger partial charge in [0.15, 0.2) is 0 Å². The Balaban J connectivity index is 1.53. The summed E-state index contributed by atoms with van der Waals surface area (Å²) in [7, 11) is 1.59. The summed E-state index contributed by atoms with van der Waals surface area (Å²) in [6.45, 7) is 2.82. The number of carbonyl (C=O) groups is 2. The smallest absolute Gasteiger partial charge is 0.325 e. The van der Waals surface area contributed by atoms with Gasteiger partial charge in [0, 0.05) is 25.7 Å². The summed E-state index contributed by atoms with van der Waals surface area (Å²) in [6, 6.07) is 7.03.